The van der Waals surface area contributed by atoms with Crippen molar-refractivity contribution in [1.29, 1.82) is 0 Å². The Kier molecular flexibility index (Phi) is 3.68. The van der Waals surface area contributed by atoms with Crippen LogP contribution in [0, 0.1) is 0 Å². The van der Waals surface area contributed by atoms with Crippen LogP contribution in [0.3, 0.4) is 0 Å². The summed E-state index contributed by atoms with van der Waals surface area (Å²) in [5, 5.41) is 8.85. The molecule has 0 radical (unpaired) electrons. The maximum Gasteiger partial charge on any atom is 0.226 e. The molecule has 5 heterocycles. The van der Waals surface area contributed by atoms with Crippen LogP contribution in [0.15, 0.2) is 53.5 Å². The lowest BCUT2D eigenvalue weighted by molar-refractivity contribution is 0.535. The van der Waals surface area contributed by atoms with Gasteiger partial charge < -0.3 is 13.9 Å². The van der Waals surface area contributed by atoms with E-state index >= 15 is 0 Å². The van der Waals surface area contributed by atoms with Gasteiger partial charge in [-0.05, 0) is 42.7 Å². The van der Waals surface area contributed by atoms with Crippen molar-refractivity contribution in [3.63, 3.8) is 0 Å². The zero-order chi connectivity index (χ0) is 19.2. The van der Waals surface area contributed by atoms with Crippen LogP contribution in [0.1, 0.15) is 30.4 Å². The summed E-state index contributed by atoms with van der Waals surface area (Å²) in [6.45, 7) is 2.35. The maximum atomic E-state index is 5.67. The van der Waals surface area contributed by atoms with Gasteiger partial charge in [0.05, 0.1) is 12.8 Å². The molecule has 0 N–H and O–H groups in total. The minimum atomic E-state index is 0.601. The maximum absolute atomic E-state index is 5.67. The van der Waals surface area contributed by atoms with Crippen LogP contribution in [-0.2, 0) is 13.1 Å². The normalized spacial score (nSPS) is 16.1. The second-order valence-electron chi connectivity index (χ2n) is 7.47. The summed E-state index contributed by atoms with van der Waals surface area (Å²) >= 11 is 0. The van der Waals surface area contributed by atoms with Crippen molar-refractivity contribution in [2.75, 3.05) is 11.4 Å². The van der Waals surface area contributed by atoms with Gasteiger partial charge in [0.25, 0.3) is 0 Å². The van der Waals surface area contributed by atoms with E-state index in [4.69, 9.17) is 9.40 Å². The first-order valence-electron chi connectivity index (χ1n) is 9.85. The number of hydrogen-bond acceptors (Lipinski definition) is 7. The van der Waals surface area contributed by atoms with Crippen molar-refractivity contribution in [2.24, 2.45) is 0 Å². The van der Waals surface area contributed by atoms with Crippen molar-refractivity contribution < 1.29 is 4.42 Å². The highest BCUT2D eigenvalue weighted by atomic mass is 16.3. The van der Waals surface area contributed by atoms with Gasteiger partial charge in [-0.25, -0.2) is 9.97 Å². The lowest BCUT2D eigenvalue weighted by atomic mass is 10.1. The Morgan fingerprint density at radius 1 is 1.03 bits per heavy atom. The Morgan fingerprint density at radius 3 is 2.72 bits per heavy atom. The molecule has 0 atom stereocenters. The van der Waals surface area contributed by atoms with E-state index in [-0.39, 0.29) is 0 Å². The van der Waals surface area contributed by atoms with Crippen molar-refractivity contribution in [2.45, 2.75) is 31.8 Å². The van der Waals surface area contributed by atoms with E-state index in [1.54, 1.807) is 18.7 Å². The highest BCUT2D eigenvalue weighted by Gasteiger charge is 2.32. The zero-order valence-electron chi connectivity index (χ0n) is 15.8. The molecule has 1 aliphatic carbocycles. The SMILES string of the molecule is c1coc(-c2nc(N3CCn4c(nnc4C4CC4)C3)ncc2-c2ccncc2)c1. The Hall–Kier alpha value is -3.55. The molecule has 1 fully saturated rings. The first kappa shape index (κ1) is 16.4. The molecule has 2 aliphatic rings. The molecule has 4 aromatic heterocycles. The van der Waals surface area contributed by atoms with E-state index in [2.05, 4.69) is 29.6 Å². The molecule has 144 valence electrons. The zero-order valence-corrected chi connectivity index (χ0v) is 15.8. The number of hydrogen-bond donors (Lipinski definition) is 0. The van der Waals surface area contributed by atoms with E-state index < -0.39 is 0 Å². The standard InChI is InChI=1S/C21H19N7O/c1-2-17(29-11-1)19-16(14-5-7-22-8-6-14)12-23-21(24-19)27-9-10-28-18(13-27)25-26-20(28)15-3-4-15/h1-2,5-8,11-12,15H,3-4,9-10,13H2. The minimum Gasteiger partial charge on any atom is -0.463 e. The fraction of sp³-hybridized carbons (Fsp3) is 0.286. The second kappa shape index (κ2) is 6.51. The van der Waals surface area contributed by atoms with Crippen LogP contribution in [0.2, 0.25) is 0 Å². The average Bonchev–Trinajstić information content (AvgIpc) is 3.30. The highest BCUT2D eigenvalue weighted by Crippen LogP contribution is 2.40. The fourth-order valence-corrected chi connectivity index (χ4v) is 3.86. The third kappa shape index (κ3) is 2.88. The summed E-state index contributed by atoms with van der Waals surface area (Å²) in [7, 11) is 0. The molecule has 0 saturated heterocycles. The molecule has 8 heteroatoms. The first-order chi connectivity index (χ1) is 14.4. The molecule has 0 bridgehead atoms. The minimum absolute atomic E-state index is 0.601. The Bertz CT molecular complexity index is 1150. The van der Waals surface area contributed by atoms with E-state index in [0.29, 0.717) is 18.4 Å². The lowest BCUT2D eigenvalue weighted by Crippen LogP contribution is -2.35. The average molecular weight is 385 g/mol. The number of anilines is 1. The number of nitrogens with zero attached hydrogens (tertiary/aromatic N) is 7. The summed E-state index contributed by atoms with van der Waals surface area (Å²) < 4.78 is 7.94. The van der Waals surface area contributed by atoms with Gasteiger partial charge in [0.15, 0.2) is 11.6 Å². The molecule has 0 spiro atoms. The lowest BCUT2D eigenvalue weighted by Gasteiger charge is -2.28. The van der Waals surface area contributed by atoms with Crippen molar-refractivity contribution in [3.8, 4) is 22.6 Å². The summed E-state index contributed by atoms with van der Waals surface area (Å²) in [6.07, 6.45) is 9.52. The molecule has 0 aromatic carbocycles. The molecule has 1 aliphatic heterocycles. The van der Waals surface area contributed by atoms with Crippen molar-refractivity contribution in [3.05, 3.63) is 60.8 Å². The number of furan rings is 1. The van der Waals surface area contributed by atoms with Crippen molar-refractivity contribution >= 4 is 5.95 Å². The number of aromatic nitrogens is 6. The van der Waals surface area contributed by atoms with Gasteiger partial charge in [-0.3, -0.25) is 4.98 Å². The molecule has 0 unspecified atom stereocenters. The fourth-order valence-electron chi connectivity index (χ4n) is 3.86. The van der Waals surface area contributed by atoms with Crippen LogP contribution in [0.4, 0.5) is 5.95 Å². The van der Waals surface area contributed by atoms with Crippen LogP contribution >= 0.6 is 0 Å². The Morgan fingerprint density at radius 2 is 1.93 bits per heavy atom. The molecule has 6 rings (SSSR count). The summed E-state index contributed by atoms with van der Waals surface area (Å²) in [4.78, 5) is 15.8. The first-order valence-corrected chi connectivity index (χ1v) is 9.85. The van der Waals surface area contributed by atoms with Crippen LogP contribution in [-0.4, -0.2) is 36.3 Å². The van der Waals surface area contributed by atoms with E-state index in [1.165, 1.54) is 12.8 Å². The molecule has 29 heavy (non-hydrogen) atoms. The number of rotatable bonds is 4. The van der Waals surface area contributed by atoms with Gasteiger partial charge in [0.1, 0.15) is 11.5 Å². The van der Waals surface area contributed by atoms with Gasteiger partial charge in [0.2, 0.25) is 5.95 Å². The molecule has 1 saturated carbocycles. The monoisotopic (exact) mass is 385 g/mol. The number of pyridine rings is 1. The number of fused-ring (bicyclic) bond motifs is 1. The third-order valence-corrected chi connectivity index (χ3v) is 5.53. The highest BCUT2D eigenvalue weighted by molar-refractivity contribution is 5.78. The Labute approximate surface area is 167 Å². The molecule has 0 amide bonds. The topological polar surface area (TPSA) is 85.8 Å². The van der Waals surface area contributed by atoms with Crippen molar-refractivity contribution in [1.82, 2.24) is 29.7 Å². The van der Waals surface area contributed by atoms with Crippen LogP contribution < -0.4 is 4.90 Å². The summed E-state index contributed by atoms with van der Waals surface area (Å²) in [5.41, 5.74) is 2.70. The second-order valence-corrected chi connectivity index (χ2v) is 7.47. The third-order valence-electron chi connectivity index (χ3n) is 5.53. The quantitative estimate of drug-likeness (QED) is 0.533. The van der Waals surface area contributed by atoms with Crippen LogP contribution in [0.25, 0.3) is 22.6 Å². The van der Waals surface area contributed by atoms with E-state index in [9.17, 15) is 0 Å². The smallest absolute Gasteiger partial charge is 0.226 e. The molecule has 4 aromatic rings. The van der Waals surface area contributed by atoms with Gasteiger partial charge in [-0.2, -0.15) is 0 Å². The predicted octanol–water partition coefficient (Wildman–Crippen LogP) is 3.29. The van der Waals surface area contributed by atoms with Crippen LogP contribution in [0.5, 0.6) is 0 Å². The Balaban J connectivity index is 1.37. The van der Waals surface area contributed by atoms with Gasteiger partial charge >= 0.3 is 0 Å². The van der Waals surface area contributed by atoms with E-state index in [0.717, 1.165) is 47.3 Å². The predicted molar refractivity (Wildman–Crippen MR) is 106 cm³/mol. The van der Waals surface area contributed by atoms with E-state index in [1.807, 2.05) is 30.5 Å². The molecule has 8 nitrogen and oxygen atoms in total. The van der Waals surface area contributed by atoms with Gasteiger partial charge in [0, 0.05) is 43.2 Å². The molecular formula is C21H19N7O. The van der Waals surface area contributed by atoms with Gasteiger partial charge in [-0.1, -0.05) is 0 Å². The largest absolute Gasteiger partial charge is 0.463 e. The van der Waals surface area contributed by atoms with Gasteiger partial charge in [-0.15, -0.1) is 10.2 Å². The summed E-state index contributed by atoms with van der Waals surface area (Å²) in [6, 6.07) is 7.70. The molecular weight excluding hydrogens is 366 g/mol. The summed E-state index contributed by atoms with van der Waals surface area (Å²) in [5.74, 6) is 4.13.